The summed E-state index contributed by atoms with van der Waals surface area (Å²) in [6.07, 6.45) is 1.03. The van der Waals surface area contributed by atoms with E-state index in [9.17, 15) is 4.79 Å². The van der Waals surface area contributed by atoms with Crippen molar-refractivity contribution in [2.45, 2.75) is 39.5 Å². The van der Waals surface area contributed by atoms with Crippen LogP contribution in [0.5, 0.6) is 5.75 Å². The Kier molecular flexibility index (Phi) is 7.29. The van der Waals surface area contributed by atoms with Gasteiger partial charge >= 0.3 is 0 Å². The van der Waals surface area contributed by atoms with Crippen molar-refractivity contribution in [3.8, 4) is 17.0 Å². The number of carbonyl (C=O) groups excluding carboxylic acids is 1. The van der Waals surface area contributed by atoms with Gasteiger partial charge in [-0.05, 0) is 54.7 Å². The molecular formula is C23H25ClN2O2S. The molecule has 0 aliphatic heterocycles. The second-order valence-electron chi connectivity index (χ2n) is 7.22. The van der Waals surface area contributed by atoms with E-state index >= 15 is 0 Å². The van der Waals surface area contributed by atoms with Crippen LogP contribution in [0.15, 0.2) is 47.8 Å². The number of benzene rings is 2. The molecule has 3 rings (SSSR count). The molecule has 0 bridgehead atoms. The molecule has 0 fully saturated rings. The van der Waals surface area contributed by atoms with Crippen molar-refractivity contribution in [3.05, 3.63) is 64.0 Å². The first-order chi connectivity index (χ1) is 13.9. The normalized spacial score (nSPS) is 10.9. The Balaban J connectivity index is 1.43. The third-order valence-electron chi connectivity index (χ3n) is 4.57. The zero-order valence-electron chi connectivity index (χ0n) is 16.9. The van der Waals surface area contributed by atoms with Gasteiger partial charge in [0.25, 0.3) is 0 Å². The fourth-order valence-electron chi connectivity index (χ4n) is 3.07. The van der Waals surface area contributed by atoms with Crippen LogP contribution < -0.4 is 10.1 Å². The topological polar surface area (TPSA) is 51.2 Å². The van der Waals surface area contributed by atoms with Crippen molar-refractivity contribution in [3.63, 3.8) is 0 Å². The van der Waals surface area contributed by atoms with Gasteiger partial charge in [-0.15, -0.1) is 11.3 Å². The quantitative estimate of drug-likeness (QED) is 0.406. The van der Waals surface area contributed by atoms with Gasteiger partial charge in [0, 0.05) is 22.4 Å². The summed E-state index contributed by atoms with van der Waals surface area (Å²) < 4.78 is 5.79. The number of amides is 1. The van der Waals surface area contributed by atoms with E-state index in [1.807, 2.05) is 35.7 Å². The molecule has 0 unspecified atom stereocenters. The molecule has 29 heavy (non-hydrogen) atoms. The average Bonchev–Trinajstić information content (AvgIpc) is 3.14. The van der Waals surface area contributed by atoms with Gasteiger partial charge in [-0.1, -0.05) is 43.6 Å². The number of rotatable bonds is 8. The molecule has 2 aromatic carbocycles. The number of hydrogen-bond donors (Lipinski definition) is 1. The maximum absolute atomic E-state index is 12.2. The predicted octanol–water partition coefficient (Wildman–Crippen LogP) is 6.69. The smallest absolute Gasteiger partial charge is 0.226 e. The van der Waals surface area contributed by atoms with Crippen LogP contribution in [0.25, 0.3) is 11.3 Å². The molecule has 6 heteroatoms. The Labute approximate surface area is 180 Å². The molecule has 0 aliphatic rings. The number of aryl methyl sites for hydroxylation is 1. The summed E-state index contributed by atoms with van der Waals surface area (Å²) in [4.78, 5) is 16.6. The molecular weight excluding hydrogens is 404 g/mol. The third kappa shape index (κ3) is 6.05. The number of halogens is 1. The lowest BCUT2D eigenvalue weighted by Gasteiger charge is -2.12. The van der Waals surface area contributed by atoms with Gasteiger partial charge in [-0.25, -0.2) is 4.98 Å². The summed E-state index contributed by atoms with van der Waals surface area (Å²) in [5, 5.41) is 6.06. The molecule has 1 amide bonds. The molecule has 0 saturated carbocycles. The van der Waals surface area contributed by atoms with Gasteiger partial charge in [-0.3, -0.25) is 4.79 Å². The molecule has 1 aromatic heterocycles. The van der Waals surface area contributed by atoms with E-state index in [0.717, 1.165) is 17.0 Å². The molecule has 4 nitrogen and oxygen atoms in total. The van der Waals surface area contributed by atoms with Crippen LogP contribution in [-0.2, 0) is 4.79 Å². The van der Waals surface area contributed by atoms with E-state index in [1.54, 1.807) is 0 Å². The molecule has 0 atom stereocenters. The van der Waals surface area contributed by atoms with E-state index in [1.165, 1.54) is 22.5 Å². The van der Waals surface area contributed by atoms with Crippen LogP contribution in [0.2, 0.25) is 5.02 Å². The molecule has 1 heterocycles. The number of ether oxygens (including phenoxy) is 1. The van der Waals surface area contributed by atoms with Crippen molar-refractivity contribution in [1.82, 2.24) is 4.98 Å². The average molecular weight is 429 g/mol. The van der Waals surface area contributed by atoms with Crippen molar-refractivity contribution in [2.24, 2.45) is 0 Å². The first-order valence-electron chi connectivity index (χ1n) is 9.67. The van der Waals surface area contributed by atoms with Gasteiger partial charge in [0.05, 0.1) is 12.3 Å². The standard InChI is InChI=1S/C23H25ClN2O2S/c1-15(2)20-11-10-19(13-16(20)3)28-12-4-5-22(27)26-23-25-21(14-29-23)17-6-8-18(24)9-7-17/h6-11,13-15H,4-5,12H2,1-3H3,(H,25,26,27). The minimum atomic E-state index is -0.0584. The van der Waals surface area contributed by atoms with E-state index in [2.05, 4.69) is 43.2 Å². The fourth-order valence-corrected chi connectivity index (χ4v) is 3.94. The first-order valence-corrected chi connectivity index (χ1v) is 10.9. The van der Waals surface area contributed by atoms with Crippen molar-refractivity contribution < 1.29 is 9.53 Å². The highest BCUT2D eigenvalue weighted by molar-refractivity contribution is 7.14. The van der Waals surface area contributed by atoms with Crippen LogP contribution in [0.4, 0.5) is 5.13 Å². The van der Waals surface area contributed by atoms with E-state index < -0.39 is 0 Å². The van der Waals surface area contributed by atoms with Gasteiger partial charge in [0.1, 0.15) is 5.75 Å². The Morgan fingerprint density at radius 1 is 1.21 bits per heavy atom. The van der Waals surface area contributed by atoms with Gasteiger partial charge in [0.2, 0.25) is 5.91 Å². The lowest BCUT2D eigenvalue weighted by Crippen LogP contribution is -2.12. The summed E-state index contributed by atoms with van der Waals surface area (Å²) in [6, 6.07) is 13.6. The summed E-state index contributed by atoms with van der Waals surface area (Å²) in [6.45, 7) is 6.97. The molecule has 0 radical (unpaired) electrons. The molecule has 1 N–H and O–H groups in total. The molecule has 0 saturated heterocycles. The third-order valence-corrected chi connectivity index (χ3v) is 5.58. The van der Waals surface area contributed by atoms with Gasteiger partial charge in [0.15, 0.2) is 5.13 Å². The summed E-state index contributed by atoms with van der Waals surface area (Å²) in [7, 11) is 0. The first kappa shape index (κ1) is 21.3. The van der Waals surface area contributed by atoms with Crippen LogP contribution in [0.1, 0.15) is 43.7 Å². The number of aromatic nitrogens is 1. The van der Waals surface area contributed by atoms with Crippen molar-refractivity contribution in [1.29, 1.82) is 0 Å². The number of nitrogens with zero attached hydrogens (tertiary/aromatic N) is 1. The second-order valence-corrected chi connectivity index (χ2v) is 8.51. The van der Waals surface area contributed by atoms with Crippen LogP contribution >= 0.6 is 22.9 Å². The Hall–Kier alpha value is -2.37. The summed E-state index contributed by atoms with van der Waals surface area (Å²) >= 11 is 7.33. The second kappa shape index (κ2) is 9.90. The van der Waals surface area contributed by atoms with Crippen molar-refractivity contribution >= 4 is 34.0 Å². The largest absolute Gasteiger partial charge is 0.494 e. The van der Waals surface area contributed by atoms with Crippen LogP contribution in [0.3, 0.4) is 0 Å². The Morgan fingerprint density at radius 2 is 1.97 bits per heavy atom. The van der Waals surface area contributed by atoms with Gasteiger partial charge < -0.3 is 10.1 Å². The summed E-state index contributed by atoms with van der Waals surface area (Å²) in [5.74, 6) is 1.29. The lowest BCUT2D eigenvalue weighted by atomic mass is 9.98. The molecule has 152 valence electrons. The zero-order chi connectivity index (χ0) is 20.8. The number of thiazole rings is 1. The zero-order valence-corrected chi connectivity index (χ0v) is 18.4. The molecule has 0 spiro atoms. The highest BCUT2D eigenvalue weighted by Gasteiger charge is 2.09. The van der Waals surface area contributed by atoms with Crippen molar-refractivity contribution in [2.75, 3.05) is 11.9 Å². The van der Waals surface area contributed by atoms with Crippen LogP contribution in [0, 0.1) is 6.92 Å². The monoisotopic (exact) mass is 428 g/mol. The molecule has 3 aromatic rings. The molecule has 0 aliphatic carbocycles. The predicted molar refractivity (Wildman–Crippen MR) is 121 cm³/mol. The van der Waals surface area contributed by atoms with Crippen LogP contribution in [-0.4, -0.2) is 17.5 Å². The maximum atomic E-state index is 12.2. The summed E-state index contributed by atoms with van der Waals surface area (Å²) in [5.41, 5.74) is 4.36. The number of anilines is 1. The fraction of sp³-hybridized carbons (Fsp3) is 0.304. The number of nitrogens with one attached hydrogen (secondary N) is 1. The maximum Gasteiger partial charge on any atom is 0.226 e. The lowest BCUT2D eigenvalue weighted by molar-refractivity contribution is -0.116. The highest BCUT2D eigenvalue weighted by atomic mass is 35.5. The SMILES string of the molecule is Cc1cc(OCCCC(=O)Nc2nc(-c3ccc(Cl)cc3)cs2)ccc1C(C)C. The number of hydrogen-bond acceptors (Lipinski definition) is 4. The Morgan fingerprint density at radius 3 is 2.66 bits per heavy atom. The van der Waals surface area contributed by atoms with E-state index in [0.29, 0.717) is 35.5 Å². The van der Waals surface area contributed by atoms with E-state index in [-0.39, 0.29) is 5.91 Å². The van der Waals surface area contributed by atoms with E-state index in [4.69, 9.17) is 16.3 Å². The number of carbonyl (C=O) groups is 1. The minimum Gasteiger partial charge on any atom is -0.494 e. The minimum absolute atomic E-state index is 0.0584. The van der Waals surface area contributed by atoms with Gasteiger partial charge in [-0.2, -0.15) is 0 Å². The Bertz CT molecular complexity index is 967. The highest BCUT2D eigenvalue weighted by Crippen LogP contribution is 2.26.